The summed E-state index contributed by atoms with van der Waals surface area (Å²) in [4.78, 5) is 1.46. The SMILES string of the molecule is CC1(OC(F)(F)F)C=C(C2(Cc3cccc(Br)c3)CN(C[C@@H](O)C(F)(F)F)c3ccccc32)C=CC1. The quantitative estimate of drug-likeness (QED) is 0.382. The molecule has 0 saturated heterocycles. The van der Waals surface area contributed by atoms with E-state index in [0.717, 1.165) is 10.0 Å². The van der Waals surface area contributed by atoms with Gasteiger partial charge in [-0.25, -0.2) is 0 Å². The van der Waals surface area contributed by atoms with Crippen LogP contribution in [0.4, 0.5) is 32.0 Å². The van der Waals surface area contributed by atoms with Gasteiger partial charge in [0.15, 0.2) is 6.10 Å². The van der Waals surface area contributed by atoms with Gasteiger partial charge in [0, 0.05) is 22.1 Å². The number of benzene rings is 2. The van der Waals surface area contributed by atoms with Gasteiger partial charge in [0.1, 0.15) is 0 Å². The van der Waals surface area contributed by atoms with Crippen LogP contribution < -0.4 is 4.90 Å². The number of nitrogens with zero attached hydrogens (tertiary/aromatic N) is 1. The maximum Gasteiger partial charge on any atom is 0.523 e. The Kier molecular flexibility index (Phi) is 7.09. The smallest absolute Gasteiger partial charge is 0.382 e. The Morgan fingerprint density at radius 3 is 2.47 bits per heavy atom. The topological polar surface area (TPSA) is 32.7 Å². The zero-order valence-electron chi connectivity index (χ0n) is 19.2. The summed E-state index contributed by atoms with van der Waals surface area (Å²) in [6.07, 6.45) is -7.22. The lowest BCUT2D eigenvalue weighted by Crippen LogP contribution is -2.45. The monoisotopic (exact) mass is 575 g/mol. The fourth-order valence-electron chi connectivity index (χ4n) is 5.11. The number of hydrogen-bond donors (Lipinski definition) is 1. The molecule has 1 N–H and O–H groups in total. The van der Waals surface area contributed by atoms with Crippen molar-refractivity contribution >= 4 is 21.6 Å². The first-order valence-corrected chi connectivity index (χ1v) is 12.0. The minimum atomic E-state index is -4.87. The second-order valence-corrected chi connectivity index (χ2v) is 10.3. The molecule has 2 aromatic rings. The van der Waals surface area contributed by atoms with Crippen LogP contribution in [0, 0.1) is 0 Å². The Labute approximate surface area is 213 Å². The average Bonchev–Trinajstić information content (AvgIpc) is 3.06. The van der Waals surface area contributed by atoms with E-state index in [4.69, 9.17) is 0 Å². The van der Waals surface area contributed by atoms with Gasteiger partial charge in [-0.05, 0) is 60.7 Å². The molecule has 10 heteroatoms. The van der Waals surface area contributed by atoms with Gasteiger partial charge >= 0.3 is 12.5 Å². The summed E-state index contributed by atoms with van der Waals surface area (Å²) in [5, 5.41) is 9.84. The standard InChI is InChI=1S/C26H24BrF6NO2/c1-23(36-26(31,32)33)11-5-7-18(14-23)24(13-17-6-4-8-19(27)12-17)16-34(15-22(35)25(28,29)30)21-10-3-2-9-20(21)24/h2-10,12,14,22,35H,11,13,15-16H2,1H3/t22-,23?,24?/m1/s1. The van der Waals surface area contributed by atoms with E-state index < -0.39 is 36.2 Å². The number of para-hydroxylation sites is 1. The molecule has 1 heterocycles. The molecule has 1 aliphatic heterocycles. The molecule has 194 valence electrons. The summed E-state index contributed by atoms with van der Waals surface area (Å²) in [6, 6.07) is 14.3. The van der Waals surface area contributed by atoms with Crippen LogP contribution >= 0.6 is 15.9 Å². The number of fused-ring (bicyclic) bond motifs is 1. The predicted octanol–water partition coefficient (Wildman–Crippen LogP) is 6.85. The maximum absolute atomic E-state index is 13.2. The molecule has 4 rings (SSSR count). The largest absolute Gasteiger partial charge is 0.523 e. The number of allylic oxidation sites excluding steroid dienone is 1. The molecule has 0 radical (unpaired) electrons. The van der Waals surface area contributed by atoms with E-state index in [2.05, 4.69) is 20.7 Å². The number of hydrogen-bond acceptors (Lipinski definition) is 3. The molecule has 0 amide bonds. The Morgan fingerprint density at radius 1 is 1.08 bits per heavy atom. The molecule has 2 aromatic carbocycles. The molecule has 0 fully saturated rings. The number of rotatable bonds is 6. The van der Waals surface area contributed by atoms with E-state index >= 15 is 0 Å². The van der Waals surface area contributed by atoms with E-state index in [1.165, 1.54) is 17.9 Å². The van der Waals surface area contributed by atoms with Crippen LogP contribution in [0.15, 0.2) is 76.8 Å². The normalized spacial score (nSPS) is 25.0. The lowest BCUT2D eigenvalue weighted by Gasteiger charge is -2.38. The van der Waals surface area contributed by atoms with Crippen molar-refractivity contribution < 1.29 is 36.2 Å². The van der Waals surface area contributed by atoms with E-state index in [-0.39, 0.29) is 13.0 Å². The third-order valence-electron chi connectivity index (χ3n) is 6.57. The number of alkyl halides is 6. The third kappa shape index (κ3) is 5.65. The van der Waals surface area contributed by atoms with Crippen LogP contribution in [-0.2, 0) is 16.6 Å². The van der Waals surface area contributed by atoms with Gasteiger partial charge in [0.25, 0.3) is 0 Å². The van der Waals surface area contributed by atoms with Crippen LogP contribution in [0.5, 0.6) is 0 Å². The summed E-state index contributed by atoms with van der Waals surface area (Å²) in [6.45, 7) is 0.668. The van der Waals surface area contributed by atoms with E-state index in [1.54, 1.807) is 36.4 Å². The molecule has 3 atom stereocenters. The Morgan fingerprint density at radius 2 is 1.81 bits per heavy atom. The fraction of sp³-hybridized carbons (Fsp3) is 0.385. The van der Waals surface area contributed by atoms with E-state index in [0.29, 0.717) is 23.2 Å². The van der Waals surface area contributed by atoms with Crippen molar-refractivity contribution in [2.75, 3.05) is 18.0 Å². The first kappa shape index (κ1) is 26.8. The molecule has 2 unspecified atom stereocenters. The summed E-state index contributed by atoms with van der Waals surface area (Å²) < 4.78 is 84.6. The van der Waals surface area contributed by atoms with Gasteiger partial charge in [-0.2, -0.15) is 13.2 Å². The Hall–Kier alpha value is -2.30. The van der Waals surface area contributed by atoms with Crippen LogP contribution in [-0.4, -0.2) is 42.4 Å². The van der Waals surface area contributed by atoms with E-state index in [1.807, 2.05) is 24.3 Å². The lowest BCUT2D eigenvalue weighted by atomic mass is 9.68. The third-order valence-corrected chi connectivity index (χ3v) is 7.06. The highest BCUT2D eigenvalue weighted by atomic mass is 79.9. The molecule has 36 heavy (non-hydrogen) atoms. The van der Waals surface area contributed by atoms with Crippen molar-refractivity contribution in [3.8, 4) is 0 Å². The van der Waals surface area contributed by atoms with Crippen LogP contribution in [0.3, 0.4) is 0 Å². The van der Waals surface area contributed by atoms with Crippen LogP contribution in [0.2, 0.25) is 0 Å². The Balaban J connectivity index is 1.85. The number of aliphatic hydroxyl groups is 1. The minimum absolute atomic E-state index is 0.0128. The maximum atomic E-state index is 13.2. The molecular weight excluding hydrogens is 552 g/mol. The molecule has 0 bridgehead atoms. The van der Waals surface area contributed by atoms with Gasteiger partial charge in [-0.15, -0.1) is 13.2 Å². The molecule has 0 aromatic heterocycles. The summed E-state index contributed by atoms with van der Waals surface area (Å²) in [7, 11) is 0. The summed E-state index contributed by atoms with van der Waals surface area (Å²) >= 11 is 3.43. The predicted molar refractivity (Wildman–Crippen MR) is 128 cm³/mol. The van der Waals surface area contributed by atoms with Crippen molar-refractivity contribution in [2.24, 2.45) is 0 Å². The highest BCUT2D eigenvalue weighted by molar-refractivity contribution is 9.10. The number of ether oxygens (including phenoxy) is 1. The van der Waals surface area contributed by atoms with Crippen molar-refractivity contribution in [2.45, 2.75) is 49.4 Å². The number of halogens is 7. The minimum Gasteiger partial charge on any atom is -0.382 e. The van der Waals surface area contributed by atoms with Gasteiger partial charge in [-0.1, -0.05) is 58.4 Å². The summed E-state index contributed by atoms with van der Waals surface area (Å²) in [5.74, 6) is 0. The molecule has 1 aliphatic carbocycles. The highest BCUT2D eigenvalue weighted by Gasteiger charge is 2.49. The number of anilines is 1. The van der Waals surface area contributed by atoms with Crippen molar-refractivity contribution in [1.29, 1.82) is 0 Å². The van der Waals surface area contributed by atoms with Gasteiger partial charge in [0.05, 0.1) is 12.1 Å². The van der Waals surface area contributed by atoms with Crippen molar-refractivity contribution in [3.63, 3.8) is 0 Å². The lowest BCUT2D eigenvalue weighted by molar-refractivity contribution is -0.355. The van der Waals surface area contributed by atoms with Gasteiger partial charge in [0.2, 0.25) is 0 Å². The van der Waals surface area contributed by atoms with Gasteiger partial charge < -0.3 is 10.0 Å². The molecule has 0 spiro atoms. The Bertz CT molecular complexity index is 1180. The van der Waals surface area contributed by atoms with Crippen molar-refractivity contribution in [3.05, 3.63) is 87.9 Å². The highest BCUT2D eigenvalue weighted by Crippen LogP contribution is 2.50. The van der Waals surface area contributed by atoms with Gasteiger partial charge in [-0.3, -0.25) is 4.74 Å². The first-order chi connectivity index (χ1) is 16.7. The molecule has 3 nitrogen and oxygen atoms in total. The fourth-order valence-corrected chi connectivity index (χ4v) is 5.56. The van der Waals surface area contributed by atoms with E-state index in [9.17, 15) is 31.4 Å². The van der Waals surface area contributed by atoms with Crippen LogP contribution in [0.25, 0.3) is 0 Å². The van der Waals surface area contributed by atoms with Crippen molar-refractivity contribution in [1.82, 2.24) is 0 Å². The second-order valence-electron chi connectivity index (χ2n) is 9.41. The zero-order chi connectivity index (χ0) is 26.4. The molecule has 0 saturated carbocycles. The second kappa shape index (κ2) is 9.54. The first-order valence-electron chi connectivity index (χ1n) is 11.2. The molecule has 2 aliphatic rings. The number of β-amino-alcohol motifs (C(OH)–C–C–N with tert-alkyl or cyclic N) is 1. The average molecular weight is 576 g/mol. The zero-order valence-corrected chi connectivity index (χ0v) is 20.8. The number of aliphatic hydroxyl groups excluding tert-OH is 1. The molecular formula is C26H24BrF6NO2. The van der Waals surface area contributed by atoms with Crippen LogP contribution in [0.1, 0.15) is 24.5 Å². The summed E-state index contributed by atoms with van der Waals surface area (Å²) in [5.41, 5.74) is -0.149.